The zero-order valence-corrected chi connectivity index (χ0v) is 6.20. The molecule has 1 fully saturated rings. The van der Waals surface area contributed by atoms with Crippen molar-refractivity contribution in [2.45, 2.75) is 13.0 Å². The standard InChI is InChI=1S/C6H10N2O3/c1-4(5(9)10)8-3-2-7-6(8)11/h4H,2-3H2,1H3,(H,7,11)(H,9,10). The van der Waals surface area contributed by atoms with Gasteiger partial charge in [-0.15, -0.1) is 0 Å². The second-order valence-corrected chi connectivity index (χ2v) is 2.44. The van der Waals surface area contributed by atoms with Gasteiger partial charge in [0.2, 0.25) is 0 Å². The molecule has 2 N–H and O–H groups in total. The summed E-state index contributed by atoms with van der Waals surface area (Å²) in [6.45, 7) is 2.51. The van der Waals surface area contributed by atoms with Crippen LogP contribution in [0.5, 0.6) is 0 Å². The van der Waals surface area contributed by atoms with E-state index in [9.17, 15) is 9.59 Å². The van der Waals surface area contributed by atoms with Gasteiger partial charge in [-0.25, -0.2) is 9.59 Å². The van der Waals surface area contributed by atoms with Crippen molar-refractivity contribution in [3.63, 3.8) is 0 Å². The molecule has 2 amide bonds. The van der Waals surface area contributed by atoms with Crippen LogP contribution in [0.2, 0.25) is 0 Å². The second kappa shape index (κ2) is 2.77. The number of urea groups is 1. The summed E-state index contributed by atoms with van der Waals surface area (Å²) in [4.78, 5) is 22.6. The fourth-order valence-electron chi connectivity index (χ4n) is 0.989. The number of carbonyl (C=O) groups excluding carboxylic acids is 1. The van der Waals surface area contributed by atoms with Crippen molar-refractivity contribution in [2.24, 2.45) is 0 Å². The quantitative estimate of drug-likeness (QED) is 0.568. The van der Waals surface area contributed by atoms with Crippen molar-refractivity contribution in [1.29, 1.82) is 0 Å². The van der Waals surface area contributed by atoms with Crippen LogP contribution in [0.4, 0.5) is 4.79 Å². The molecular weight excluding hydrogens is 148 g/mol. The van der Waals surface area contributed by atoms with Gasteiger partial charge in [0.05, 0.1) is 0 Å². The zero-order valence-electron chi connectivity index (χ0n) is 6.20. The minimum atomic E-state index is -0.970. The number of nitrogens with one attached hydrogen (secondary N) is 1. The number of carboxylic acids is 1. The molecule has 1 atom stereocenters. The van der Waals surface area contributed by atoms with Gasteiger partial charge in [0, 0.05) is 13.1 Å². The van der Waals surface area contributed by atoms with Crippen molar-refractivity contribution in [2.75, 3.05) is 13.1 Å². The molecule has 0 saturated carbocycles. The van der Waals surface area contributed by atoms with E-state index in [-0.39, 0.29) is 6.03 Å². The lowest BCUT2D eigenvalue weighted by molar-refractivity contribution is -0.141. The lowest BCUT2D eigenvalue weighted by Crippen LogP contribution is -2.40. The maximum atomic E-state index is 10.9. The van der Waals surface area contributed by atoms with Gasteiger partial charge < -0.3 is 15.3 Å². The molecule has 0 spiro atoms. The van der Waals surface area contributed by atoms with Crippen LogP contribution in [-0.4, -0.2) is 41.1 Å². The average Bonchev–Trinajstić information content (AvgIpc) is 2.33. The first kappa shape index (κ1) is 7.84. The van der Waals surface area contributed by atoms with E-state index in [1.54, 1.807) is 0 Å². The highest BCUT2D eigenvalue weighted by atomic mass is 16.4. The molecule has 1 aliphatic rings. The Morgan fingerprint density at radius 2 is 2.45 bits per heavy atom. The van der Waals surface area contributed by atoms with E-state index >= 15 is 0 Å². The van der Waals surface area contributed by atoms with Gasteiger partial charge in [-0.1, -0.05) is 0 Å². The average molecular weight is 158 g/mol. The van der Waals surface area contributed by atoms with Crippen molar-refractivity contribution >= 4 is 12.0 Å². The third-order valence-corrected chi connectivity index (χ3v) is 1.71. The molecule has 0 radical (unpaired) electrons. The first-order valence-corrected chi connectivity index (χ1v) is 3.40. The molecule has 62 valence electrons. The molecule has 1 unspecified atom stereocenters. The molecule has 0 aromatic heterocycles. The largest absolute Gasteiger partial charge is 0.480 e. The fourth-order valence-corrected chi connectivity index (χ4v) is 0.989. The van der Waals surface area contributed by atoms with Crippen LogP contribution < -0.4 is 5.32 Å². The Hall–Kier alpha value is -1.26. The van der Waals surface area contributed by atoms with Crippen LogP contribution in [0.25, 0.3) is 0 Å². The van der Waals surface area contributed by atoms with Crippen LogP contribution in [0.15, 0.2) is 0 Å². The summed E-state index contributed by atoms with van der Waals surface area (Å²) in [5.41, 5.74) is 0. The van der Waals surface area contributed by atoms with Gasteiger partial charge in [0.15, 0.2) is 0 Å². The Kier molecular flexibility index (Phi) is 1.98. The molecule has 5 nitrogen and oxygen atoms in total. The predicted molar refractivity (Wildman–Crippen MR) is 37.2 cm³/mol. The monoisotopic (exact) mass is 158 g/mol. The smallest absolute Gasteiger partial charge is 0.326 e. The van der Waals surface area contributed by atoms with Gasteiger partial charge >= 0.3 is 12.0 Å². The minimum Gasteiger partial charge on any atom is -0.480 e. The number of nitrogens with zero attached hydrogens (tertiary/aromatic N) is 1. The maximum absolute atomic E-state index is 10.9. The molecule has 1 saturated heterocycles. The molecular formula is C6H10N2O3. The zero-order chi connectivity index (χ0) is 8.43. The Balaban J connectivity index is 2.59. The minimum absolute atomic E-state index is 0.292. The molecule has 0 bridgehead atoms. The summed E-state index contributed by atoms with van der Waals surface area (Å²) in [5, 5.41) is 11.1. The molecule has 1 aliphatic heterocycles. The van der Waals surface area contributed by atoms with E-state index in [1.165, 1.54) is 11.8 Å². The molecule has 5 heteroatoms. The third-order valence-electron chi connectivity index (χ3n) is 1.71. The van der Waals surface area contributed by atoms with E-state index in [0.29, 0.717) is 13.1 Å². The van der Waals surface area contributed by atoms with E-state index < -0.39 is 12.0 Å². The lowest BCUT2D eigenvalue weighted by Gasteiger charge is -2.18. The van der Waals surface area contributed by atoms with Crippen LogP contribution in [0.1, 0.15) is 6.92 Å². The Bertz CT molecular complexity index is 192. The molecule has 11 heavy (non-hydrogen) atoms. The second-order valence-electron chi connectivity index (χ2n) is 2.44. The Morgan fingerprint density at radius 1 is 1.82 bits per heavy atom. The molecule has 1 rings (SSSR count). The molecule has 0 aliphatic carbocycles. The van der Waals surface area contributed by atoms with E-state index in [0.717, 1.165) is 0 Å². The number of aliphatic carboxylic acids is 1. The maximum Gasteiger partial charge on any atom is 0.326 e. The highest BCUT2D eigenvalue weighted by Gasteiger charge is 2.28. The van der Waals surface area contributed by atoms with Crippen LogP contribution in [0.3, 0.4) is 0 Å². The Labute approximate surface area is 64.0 Å². The third kappa shape index (κ3) is 1.42. The summed E-state index contributed by atoms with van der Waals surface area (Å²) < 4.78 is 0. The molecule has 1 heterocycles. The number of carboxylic acid groups (broad SMARTS) is 1. The van der Waals surface area contributed by atoms with Gasteiger partial charge in [0.1, 0.15) is 6.04 Å². The Morgan fingerprint density at radius 3 is 2.82 bits per heavy atom. The van der Waals surface area contributed by atoms with Crippen LogP contribution in [0, 0.1) is 0 Å². The van der Waals surface area contributed by atoms with Crippen molar-refractivity contribution in [3.05, 3.63) is 0 Å². The van der Waals surface area contributed by atoms with Gasteiger partial charge in [-0.2, -0.15) is 0 Å². The van der Waals surface area contributed by atoms with Gasteiger partial charge in [0.25, 0.3) is 0 Å². The summed E-state index contributed by atoms with van der Waals surface area (Å²) >= 11 is 0. The van der Waals surface area contributed by atoms with Gasteiger partial charge in [-0.3, -0.25) is 0 Å². The number of hydrogen-bond donors (Lipinski definition) is 2. The first-order chi connectivity index (χ1) is 5.13. The first-order valence-electron chi connectivity index (χ1n) is 3.40. The lowest BCUT2D eigenvalue weighted by atomic mass is 10.3. The molecule has 0 aromatic carbocycles. The summed E-state index contributed by atoms with van der Waals surface area (Å²) in [6.07, 6.45) is 0. The number of amides is 2. The summed E-state index contributed by atoms with van der Waals surface area (Å²) in [6, 6.07) is -1.02. The van der Waals surface area contributed by atoms with Gasteiger partial charge in [-0.05, 0) is 6.92 Å². The summed E-state index contributed by atoms with van der Waals surface area (Å²) in [7, 11) is 0. The number of rotatable bonds is 2. The topological polar surface area (TPSA) is 69.6 Å². The SMILES string of the molecule is CC(C(=O)O)N1CCNC1=O. The highest BCUT2D eigenvalue weighted by molar-refractivity contribution is 5.83. The summed E-state index contributed by atoms with van der Waals surface area (Å²) in [5.74, 6) is -0.970. The highest BCUT2D eigenvalue weighted by Crippen LogP contribution is 2.03. The van der Waals surface area contributed by atoms with Crippen LogP contribution in [-0.2, 0) is 4.79 Å². The van der Waals surface area contributed by atoms with E-state index in [4.69, 9.17) is 5.11 Å². The fraction of sp³-hybridized carbons (Fsp3) is 0.667. The van der Waals surface area contributed by atoms with Crippen molar-refractivity contribution in [1.82, 2.24) is 10.2 Å². The van der Waals surface area contributed by atoms with Crippen LogP contribution >= 0.6 is 0 Å². The predicted octanol–water partition coefficient (Wildman–Crippen LogP) is -0.515. The van der Waals surface area contributed by atoms with E-state index in [1.807, 2.05) is 0 Å². The number of carbonyl (C=O) groups is 2. The molecule has 0 aromatic rings. The van der Waals surface area contributed by atoms with Crippen molar-refractivity contribution in [3.8, 4) is 0 Å². The van der Waals surface area contributed by atoms with E-state index in [2.05, 4.69) is 5.32 Å². The van der Waals surface area contributed by atoms with Crippen molar-refractivity contribution < 1.29 is 14.7 Å². The number of hydrogen-bond acceptors (Lipinski definition) is 2. The normalized spacial score (nSPS) is 19.7.